The summed E-state index contributed by atoms with van der Waals surface area (Å²) in [4.78, 5) is 26.7. The van der Waals surface area contributed by atoms with Crippen LogP contribution < -0.4 is 10.2 Å². The smallest absolute Gasteiger partial charge is 0.335 e. The Balaban J connectivity index is 0.000000367. The summed E-state index contributed by atoms with van der Waals surface area (Å²) in [5, 5.41) is 13.6. The van der Waals surface area contributed by atoms with Gasteiger partial charge < -0.3 is 29.2 Å². The van der Waals surface area contributed by atoms with Gasteiger partial charge in [-0.25, -0.2) is 27.2 Å². The normalized spacial score (nSPS) is 16.3. The van der Waals surface area contributed by atoms with Gasteiger partial charge in [0.2, 0.25) is 0 Å². The molecule has 2 aliphatic heterocycles. The van der Waals surface area contributed by atoms with Crippen LogP contribution in [0.5, 0.6) is 0 Å². The SMILES string of the molecule is C.CC(C)(C)[Si](C)(C)O[C@H](Cc1ccc(Br)cc1)C(=O)OCc1ccccc1.C[SiH](C)C(C)(C)C.FC1(F)CCNCC1.O=C(OCc1ccccc1)[C@H](O)Cc1ccc(N2CCC(F)(F)CC2)cc1. The van der Waals surface area contributed by atoms with Crippen LogP contribution in [0, 0.1) is 0 Å². The van der Waals surface area contributed by atoms with Gasteiger partial charge in [-0.2, -0.15) is 0 Å². The molecule has 0 aliphatic carbocycles. The molecule has 2 aliphatic rings. The van der Waals surface area contributed by atoms with Crippen molar-refractivity contribution in [2.75, 3.05) is 31.1 Å². The third-order valence-electron chi connectivity index (χ3n) is 12.9. The number of ether oxygens (including phenoxy) is 2. The molecule has 70 heavy (non-hydrogen) atoms. The zero-order valence-electron chi connectivity index (χ0n) is 42.4. The first kappa shape index (κ1) is 62.3. The number of alkyl halides is 4. The third kappa shape index (κ3) is 23.6. The van der Waals surface area contributed by atoms with Crippen LogP contribution in [0.4, 0.5) is 23.2 Å². The number of rotatable bonds is 13. The maximum atomic E-state index is 13.2. The van der Waals surface area contributed by atoms with Gasteiger partial charge in [0.05, 0.1) is 0 Å². The summed E-state index contributed by atoms with van der Waals surface area (Å²) < 4.78 is 69.0. The molecular weight excluding hydrogens is 997 g/mol. The second-order valence-electron chi connectivity index (χ2n) is 20.7. The number of esters is 2. The molecule has 0 radical (unpaired) electrons. The van der Waals surface area contributed by atoms with Crippen LogP contribution in [0.25, 0.3) is 0 Å². The van der Waals surface area contributed by atoms with E-state index in [0.29, 0.717) is 37.6 Å². The van der Waals surface area contributed by atoms with Gasteiger partial charge in [0.1, 0.15) is 19.3 Å². The Bertz CT molecular complexity index is 2090. The summed E-state index contributed by atoms with van der Waals surface area (Å²) in [6.45, 7) is 24.5. The lowest BCUT2D eigenvalue weighted by Crippen LogP contribution is -2.47. The molecule has 4 aromatic carbocycles. The zero-order chi connectivity index (χ0) is 51.5. The molecule has 0 unspecified atom stereocenters. The molecule has 2 saturated heterocycles. The topological polar surface area (TPSA) is 97.3 Å². The van der Waals surface area contributed by atoms with E-state index in [2.05, 4.69) is 89.0 Å². The quantitative estimate of drug-likeness (QED) is 0.0776. The van der Waals surface area contributed by atoms with E-state index in [1.54, 1.807) is 12.1 Å². The van der Waals surface area contributed by atoms with E-state index in [-0.39, 0.29) is 72.5 Å². The van der Waals surface area contributed by atoms with Gasteiger partial charge in [-0.05, 0) is 69.7 Å². The molecule has 0 amide bonds. The number of carbonyl (C=O) groups excluding carboxylic acids is 2. The molecule has 8 nitrogen and oxygen atoms in total. The van der Waals surface area contributed by atoms with E-state index in [0.717, 1.165) is 32.4 Å². The summed E-state index contributed by atoms with van der Waals surface area (Å²) in [6.07, 6.45) is -1.45. The lowest BCUT2D eigenvalue weighted by molar-refractivity contribution is -0.155. The number of benzene rings is 4. The first-order chi connectivity index (χ1) is 32.2. The first-order valence-electron chi connectivity index (χ1n) is 24.0. The molecular formula is C55H81BrF4N2O6Si2. The zero-order valence-corrected chi connectivity index (χ0v) is 46.2. The number of aliphatic hydroxyl groups excluding tert-OH is 1. The highest BCUT2D eigenvalue weighted by Gasteiger charge is 2.41. The van der Waals surface area contributed by atoms with Crippen LogP contribution >= 0.6 is 15.9 Å². The molecule has 4 aromatic rings. The van der Waals surface area contributed by atoms with Crippen molar-refractivity contribution >= 4 is 50.7 Å². The Kier molecular flexibility index (Phi) is 25.8. The van der Waals surface area contributed by atoms with Crippen molar-refractivity contribution in [3.63, 3.8) is 0 Å². The number of carbonyl (C=O) groups is 2. The summed E-state index contributed by atoms with van der Waals surface area (Å²) in [7, 11) is -2.47. The second-order valence-corrected chi connectivity index (χ2v) is 30.5. The molecule has 390 valence electrons. The predicted octanol–water partition coefficient (Wildman–Crippen LogP) is 13.6. The van der Waals surface area contributed by atoms with Crippen molar-refractivity contribution in [2.24, 2.45) is 0 Å². The minimum absolute atomic E-state index is 0. The molecule has 0 bridgehead atoms. The fourth-order valence-corrected chi connectivity index (χ4v) is 7.73. The van der Waals surface area contributed by atoms with Crippen molar-refractivity contribution in [1.82, 2.24) is 5.32 Å². The van der Waals surface area contributed by atoms with E-state index in [9.17, 15) is 32.3 Å². The van der Waals surface area contributed by atoms with Gasteiger partial charge in [0.25, 0.3) is 11.8 Å². The standard InChI is InChI=1S/C22H29BrO3Si.C21H23F2NO3.C6H16Si.C5H9F2N.CH4/c1-22(2,3)27(4,5)26-20(15-17-11-13-19(23)14-12-17)21(24)25-16-18-9-7-6-8-10-18;22-21(23)10-12-24(13-11-21)18-8-6-16(7-9-18)14-19(25)20(26)27-15-17-4-2-1-3-5-17;1-6(2,3)7(4)5;6-5(7)1-3-8-4-2-5;/h6-14,20H,15-16H2,1-5H3;1-9,19,25H,10-15H2;7H,1-5H3;8H,1-4H2;1H4/t20-;19-;;;/m11.../s1. The highest BCUT2D eigenvalue weighted by molar-refractivity contribution is 9.10. The average Bonchev–Trinajstić information content (AvgIpc) is 3.28. The van der Waals surface area contributed by atoms with Gasteiger partial charge in [-0.3, -0.25) is 0 Å². The largest absolute Gasteiger partial charge is 0.459 e. The number of nitrogens with one attached hydrogen (secondary N) is 1. The van der Waals surface area contributed by atoms with Crippen molar-refractivity contribution in [2.45, 2.75) is 161 Å². The van der Waals surface area contributed by atoms with Gasteiger partial charge >= 0.3 is 11.9 Å². The van der Waals surface area contributed by atoms with Crippen LogP contribution in [-0.2, 0) is 49.5 Å². The Morgan fingerprint density at radius 1 is 0.686 bits per heavy atom. The Labute approximate surface area is 428 Å². The van der Waals surface area contributed by atoms with Crippen LogP contribution in [0.15, 0.2) is 114 Å². The predicted molar refractivity (Wildman–Crippen MR) is 287 cm³/mol. The number of halogens is 5. The van der Waals surface area contributed by atoms with Gasteiger partial charge in [0.15, 0.2) is 14.4 Å². The van der Waals surface area contributed by atoms with E-state index < -0.39 is 38.3 Å². The summed E-state index contributed by atoms with van der Waals surface area (Å²) in [5.74, 6) is -5.92. The first-order valence-corrected chi connectivity index (χ1v) is 30.6. The van der Waals surface area contributed by atoms with Crippen LogP contribution in [0.1, 0.15) is 96.9 Å². The van der Waals surface area contributed by atoms with Crippen molar-refractivity contribution < 1.29 is 46.2 Å². The Morgan fingerprint density at radius 2 is 1.10 bits per heavy atom. The average molecular weight is 1080 g/mol. The van der Waals surface area contributed by atoms with Crippen molar-refractivity contribution in [1.29, 1.82) is 0 Å². The van der Waals surface area contributed by atoms with Gasteiger partial charge in [-0.15, -0.1) is 0 Å². The number of hydrogen-bond donors (Lipinski definition) is 2. The summed E-state index contributed by atoms with van der Waals surface area (Å²) in [5.41, 5.74) is 4.54. The fourth-order valence-electron chi connectivity index (χ4n) is 6.22. The molecule has 0 saturated carbocycles. The van der Waals surface area contributed by atoms with E-state index in [4.69, 9.17) is 13.9 Å². The van der Waals surface area contributed by atoms with E-state index >= 15 is 0 Å². The number of nitrogens with zero attached hydrogens (tertiary/aromatic N) is 1. The molecule has 2 fully saturated rings. The highest BCUT2D eigenvalue weighted by atomic mass is 79.9. The minimum atomic E-state index is -2.57. The monoisotopic (exact) mass is 1080 g/mol. The highest BCUT2D eigenvalue weighted by Crippen LogP contribution is 2.38. The fraction of sp³-hybridized carbons (Fsp3) is 0.527. The molecule has 6 rings (SSSR count). The molecule has 2 heterocycles. The summed E-state index contributed by atoms with van der Waals surface area (Å²) >= 11 is 3.45. The lowest BCUT2D eigenvalue weighted by atomic mass is 10.0. The third-order valence-corrected chi connectivity index (χ3v) is 21.3. The Hall–Kier alpha value is -3.87. The molecule has 15 heteroatoms. The van der Waals surface area contributed by atoms with Crippen LogP contribution in [0.2, 0.25) is 36.3 Å². The number of hydrogen-bond acceptors (Lipinski definition) is 8. The number of piperidine rings is 2. The van der Waals surface area contributed by atoms with Gasteiger partial charge in [-0.1, -0.05) is 163 Å². The van der Waals surface area contributed by atoms with Crippen molar-refractivity contribution in [3.05, 3.63) is 136 Å². The van der Waals surface area contributed by atoms with Crippen LogP contribution in [-0.4, -0.2) is 84.4 Å². The van der Waals surface area contributed by atoms with Crippen LogP contribution in [0.3, 0.4) is 0 Å². The van der Waals surface area contributed by atoms with Gasteiger partial charge in [0, 0.05) is 83.7 Å². The molecule has 0 spiro atoms. The molecule has 2 atom stereocenters. The van der Waals surface area contributed by atoms with E-state index in [1.807, 2.05) is 102 Å². The molecule has 2 N–H and O–H groups in total. The number of anilines is 1. The van der Waals surface area contributed by atoms with E-state index in [1.165, 1.54) is 0 Å². The minimum Gasteiger partial charge on any atom is -0.459 e. The second kappa shape index (κ2) is 29.0. The summed E-state index contributed by atoms with van der Waals surface area (Å²) in [6, 6.07) is 34.2. The maximum absolute atomic E-state index is 13.2. The Morgan fingerprint density at radius 3 is 1.51 bits per heavy atom. The molecule has 0 aromatic heterocycles. The lowest BCUT2D eigenvalue weighted by Gasteiger charge is -2.38. The van der Waals surface area contributed by atoms with Crippen molar-refractivity contribution in [3.8, 4) is 0 Å². The maximum Gasteiger partial charge on any atom is 0.335 e. The number of aliphatic hydroxyl groups is 1.